The molecule has 0 aromatic carbocycles. The maximum atomic E-state index is 11.7. The van der Waals surface area contributed by atoms with Gasteiger partial charge in [-0.2, -0.15) is 0 Å². The van der Waals surface area contributed by atoms with Crippen molar-refractivity contribution >= 4 is 11.8 Å². The second kappa shape index (κ2) is 8.91. The SMILES string of the molecule is C[C@H]1CCCC[C@H]1NC(=O)C(=O)NCCCCCO. The summed E-state index contributed by atoms with van der Waals surface area (Å²) in [5, 5.41) is 14.1. The zero-order valence-corrected chi connectivity index (χ0v) is 11.8. The number of unbranched alkanes of at least 4 members (excludes halogenated alkanes) is 2. The van der Waals surface area contributed by atoms with E-state index in [0.29, 0.717) is 12.5 Å². The van der Waals surface area contributed by atoms with E-state index in [4.69, 9.17) is 5.11 Å². The maximum absolute atomic E-state index is 11.7. The smallest absolute Gasteiger partial charge is 0.309 e. The lowest BCUT2D eigenvalue weighted by atomic mass is 9.86. The van der Waals surface area contributed by atoms with E-state index in [0.717, 1.165) is 38.5 Å². The molecule has 0 radical (unpaired) electrons. The summed E-state index contributed by atoms with van der Waals surface area (Å²) in [4.78, 5) is 23.3. The summed E-state index contributed by atoms with van der Waals surface area (Å²) < 4.78 is 0. The highest BCUT2D eigenvalue weighted by Gasteiger charge is 2.25. The van der Waals surface area contributed by atoms with Gasteiger partial charge in [-0.1, -0.05) is 19.8 Å². The molecule has 0 spiro atoms. The molecule has 2 amide bonds. The fourth-order valence-electron chi connectivity index (χ4n) is 2.46. The normalized spacial score (nSPS) is 22.8. The maximum Gasteiger partial charge on any atom is 0.309 e. The number of rotatable bonds is 6. The molecule has 110 valence electrons. The second-order valence-electron chi connectivity index (χ2n) is 5.38. The lowest BCUT2D eigenvalue weighted by molar-refractivity contribution is -0.140. The molecule has 19 heavy (non-hydrogen) atoms. The van der Waals surface area contributed by atoms with Crippen LogP contribution in [0.1, 0.15) is 51.9 Å². The van der Waals surface area contributed by atoms with Crippen molar-refractivity contribution in [1.82, 2.24) is 10.6 Å². The van der Waals surface area contributed by atoms with Crippen LogP contribution in [-0.2, 0) is 9.59 Å². The lowest BCUT2D eigenvalue weighted by Gasteiger charge is -2.29. The van der Waals surface area contributed by atoms with Crippen molar-refractivity contribution in [2.24, 2.45) is 5.92 Å². The fourth-order valence-corrected chi connectivity index (χ4v) is 2.46. The van der Waals surface area contributed by atoms with Gasteiger partial charge >= 0.3 is 11.8 Å². The lowest BCUT2D eigenvalue weighted by Crippen LogP contribution is -2.47. The van der Waals surface area contributed by atoms with Crippen LogP contribution in [0.5, 0.6) is 0 Å². The van der Waals surface area contributed by atoms with E-state index in [9.17, 15) is 9.59 Å². The predicted octanol–water partition coefficient (Wildman–Crippen LogP) is 0.960. The van der Waals surface area contributed by atoms with Crippen LogP contribution in [0.25, 0.3) is 0 Å². The van der Waals surface area contributed by atoms with Gasteiger partial charge in [0.15, 0.2) is 0 Å². The van der Waals surface area contributed by atoms with Crippen molar-refractivity contribution < 1.29 is 14.7 Å². The molecule has 0 bridgehead atoms. The number of carbonyl (C=O) groups excluding carboxylic acids is 2. The minimum absolute atomic E-state index is 0.140. The number of carbonyl (C=O) groups is 2. The van der Waals surface area contributed by atoms with Gasteiger partial charge in [-0.15, -0.1) is 0 Å². The van der Waals surface area contributed by atoms with Crippen molar-refractivity contribution in [3.63, 3.8) is 0 Å². The molecule has 1 aliphatic rings. The number of aliphatic hydroxyl groups is 1. The molecule has 0 unspecified atom stereocenters. The summed E-state index contributed by atoms with van der Waals surface area (Å²) in [5.41, 5.74) is 0. The minimum Gasteiger partial charge on any atom is -0.396 e. The highest BCUT2D eigenvalue weighted by molar-refractivity contribution is 6.35. The minimum atomic E-state index is -0.540. The van der Waals surface area contributed by atoms with Crippen LogP contribution in [-0.4, -0.2) is 36.1 Å². The number of nitrogens with one attached hydrogen (secondary N) is 2. The Morgan fingerprint density at radius 3 is 2.53 bits per heavy atom. The highest BCUT2D eigenvalue weighted by Crippen LogP contribution is 2.23. The molecule has 5 heteroatoms. The molecule has 0 aromatic heterocycles. The number of hydrogen-bond donors (Lipinski definition) is 3. The van der Waals surface area contributed by atoms with Gasteiger partial charge in [-0.3, -0.25) is 9.59 Å². The van der Waals surface area contributed by atoms with Gasteiger partial charge in [0.05, 0.1) is 0 Å². The van der Waals surface area contributed by atoms with Crippen molar-refractivity contribution in [2.75, 3.05) is 13.2 Å². The van der Waals surface area contributed by atoms with Gasteiger partial charge < -0.3 is 15.7 Å². The third kappa shape index (κ3) is 6.05. The van der Waals surface area contributed by atoms with Crippen LogP contribution in [0, 0.1) is 5.92 Å². The summed E-state index contributed by atoms with van der Waals surface area (Å²) in [6.45, 7) is 2.79. The van der Waals surface area contributed by atoms with Crippen LogP contribution in [0.4, 0.5) is 0 Å². The van der Waals surface area contributed by atoms with Gasteiger partial charge in [0.2, 0.25) is 0 Å². The van der Waals surface area contributed by atoms with Gasteiger partial charge in [0, 0.05) is 19.2 Å². The number of hydrogen-bond acceptors (Lipinski definition) is 3. The Morgan fingerprint density at radius 1 is 1.11 bits per heavy atom. The molecular weight excluding hydrogens is 244 g/mol. The quantitative estimate of drug-likeness (QED) is 0.497. The van der Waals surface area contributed by atoms with E-state index < -0.39 is 11.8 Å². The molecule has 0 aliphatic heterocycles. The third-order valence-corrected chi connectivity index (χ3v) is 3.75. The van der Waals surface area contributed by atoms with Gasteiger partial charge in [0.1, 0.15) is 0 Å². The standard InChI is InChI=1S/C14H26N2O3/c1-11-7-3-4-8-12(11)16-14(19)13(18)15-9-5-2-6-10-17/h11-12,17H,2-10H2,1H3,(H,15,18)(H,16,19)/t11-,12+/m0/s1. The zero-order chi connectivity index (χ0) is 14.1. The monoisotopic (exact) mass is 270 g/mol. The topological polar surface area (TPSA) is 78.4 Å². The van der Waals surface area contributed by atoms with Crippen molar-refractivity contribution in [2.45, 2.75) is 57.9 Å². The Balaban J connectivity index is 2.19. The molecular formula is C14H26N2O3. The van der Waals surface area contributed by atoms with E-state index in [2.05, 4.69) is 17.6 Å². The van der Waals surface area contributed by atoms with Gasteiger partial charge in [-0.25, -0.2) is 0 Å². The van der Waals surface area contributed by atoms with Crippen LogP contribution >= 0.6 is 0 Å². The van der Waals surface area contributed by atoms with Crippen molar-refractivity contribution in [3.8, 4) is 0 Å². The first-order chi connectivity index (χ1) is 9.15. The van der Waals surface area contributed by atoms with Gasteiger partial charge in [0.25, 0.3) is 0 Å². The zero-order valence-electron chi connectivity index (χ0n) is 11.8. The predicted molar refractivity (Wildman–Crippen MR) is 73.5 cm³/mol. The Kier molecular flexibility index (Phi) is 7.48. The Bertz CT molecular complexity index is 294. The fraction of sp³-hybridized carbons (Fsp3) is 0.857. The highest BCUT2D eigenvalue weighted by atomic mass is 16.3. The Hall–Kier alpha value is -1.10. The first kappa shape index (κ1) is 16.0. The third-order valence-electron chi connectivity index (χ3n) is 3.75. The number of amides is 2. The van der Waals surface area contributed by atoms with Crippen molar-refractivity contribution in [3.05, 3.63) is 0 Å². The molecule has 1 rings (SSSR count). The largest absolute Gasteiger partial charge is 0.396 e. The molecule has 0 heterocycles. The van der Waals surface area contributed by atoms with Crippen LogP contribution in [0.3, 0.4) is 0 Å². The van der Waals surface area contributed by atoms with Crippen molar-refractivity contribution in [1.29, 1.82) is 0 Å². The Morgan fingerprint density at radius 2 is 1.84 bits per heavy atom. The summed E-state index contributed by atoms with van der Waals surface area (Å²) >= 11 is 0. The first-order valence-corrected chi connectivity index (χ1v) is 7.34. The summed E-state index contributed by atoms with van der Waals surface area (Å²) in [5.74, 6) is -0.599. The Labute approximate surface area is 115 Å². The van der Waals surface area contributed by atoms with E-state index in [1.165, 1.54) is 6.42 Å². The average Bonchev–Trinajstić information content (AvgIpc) is 2.41. The first-order valence-electron chi connectivity index (χ1n) is 7.34. The van der Waals surface area contributed by atoms with E-state index in [1.54, 1.807) is 0 Å². The average molecular weight is 270 g/mol. The molecule has 1 aliphatic carbocycles. The molecule has 0 aromatic rings. The molecule has 2 atom stereocenters. The van der Waals surface area contributed by atoms with Gasteiger partial charge in [-0.05, 0) is 38.0 Å². The molecule has 1 saturated carbocycles. The summed E-state index contributed by atoms with van der Waals surface area (Å²) in [6.07, 6.45) is 6.81. The van der Waals surface area contributed by atoms with E-state index >= 15 is 0 Å². The molecule has 1 fully saturated rings. The summed E-state index contributed by atoms with van der Waals surface area (Å²) in [7, 11) is 0. The van der Waals surface area contributed by atoms with Crippen LogP contribution in [0.2, 0.25) is 0 Å². The second-order valence-corrected chi connectivity index (χ2v) is 5.38. The van der Waals surface area contributed by atoms with E-state index in [1.807, 2.05) is 0 Å². The van der Waals surface area contributed by atoms with E-state index in [-0.39, 0.29) is 12.6 Å². The number of aliphatic hydroxyl groups excluding tert-OH is 1. The molecule has 0 saturated heterocycles. The van der Waals surface area contributed by atoms with Crippen LogP contribution in [0.15, 0.2) is 0 Å². The molecule has 3 N–H and O–H groups in total. The summed E-state index contributed by atoms with van der Waals surface area (Å²) in [6, 6.07) is 0.140. The van der Waals surface area contributed by atoms with Crippen LogP contribution < -0.4 is 10.6 Å². The molecule has 5 nitrogen and oxygen atoms in total.